The first-order valence-corrected chi connectivity index (χ1v) is 7.80. The number of thiazole rings is 1. The highest BCUT2D eigenvalue weighted by atomic mass is 32.1. The molecule has 1 N–H and O–H groups in total. The minimum Gasteiger partial charge on any atom is -0.492 e. The second-order valence-corrected chi connectivity index (χ2v) is 5.72. The Kier molecular flexibility index (Phi) is 4.07. The molecule has 0 radical (unpaired) electrons. The molecule has 2 aromatic heterocycles. The van der Waals surface area contributed by atoms with Crippen LogP contribution in [-0.2, 0) is 0 Å². The SMILES string of the molecule is CCOc1ccccc1NC(=O)c1cn2nc(C)c(=O)nc2s1. The molecule has 23 heavy (non-hydrogen) atoms. The summed E-state index contributed by atoms with van der Waals surface area (Å²) in [5.74, 6) is 0.297. The Balaban J connectivity index is 1.91. The average Bonchev–Trinajstić information content (AvgIpc) is 2.93. The monoisotopic (exact) mass is 330 g/mol. The van der Waals surface area contributed by atoms with Crippen LogP contribution in [0.25, 0.3) is 4.96 Å². The maximum atomic E-state index is 12.4. The summed E-state index contributed by atoms with van der Waals surface area (Å²) in [6.07, 6.45) is 1.55. The zero-order chi connectivity index (χ0) is 16.4. The van der Waals surface area contributed by atoms with Gasteiger partial charge in [-0.3, -0.25) is 9.59 Å². The number of nitrogens with zero attached hydrogens (tertiary/aromatic N) is 3. The van der Waals surface area contributed by atoms with Crippen molar-refractivity contribution in [1.82, 2.24) is 14.6 Å². The van der Waals surface area contributed by atoms with Gasteiger partial charge in [-0.1, -0.05) is 23.5 Å². The van der Waals surface area contributed by atoms with Crippen LogP contribution >= 0.6 is 11.3 Å². The van der Waals surface area contributed by atoms with Crippen molar-refractivity contribution in [2.24, 2.45) is 0 Å². The van der Waals surface area contributed by atoms with Crippen LogP contribution in [0.3, 0.4) is 0 Å². The van der Waals surface area contributed by atoms with E-state index in [1.165, 1.54) is 4.52 Å². The topological polar surface area (TPSA) is 85.6 Å². The molecule has 3 aromatic rings. The van der Waals surface area contributed by atoms with Crippen molar-refractivity contribution in [3.05, 3.63) is 51.4 Å². The normalized spacial score (nSPS) is 10.7. The molecule has 0 fully saturated rings. The third-order valence-corrected chi connectivity index (χ3v) is 4.03. The first-order chi connectivity index (χ1) is 11.1. The molecule has 0 atom stereocenters. The number of benzene rings is 1. The molecule has 1 aromatic carbocycles. The Hall–Kier alpha value is -2.74. The van der Waals surface area contributed by atoms with E-state index in [9.17, 15) is 9.59 Å². The lowest BCUT2D eigenvalue weighted by Crippen LogP contribution is -2.14. The van der Waals surface area contributed by atoms with E-state index in [4.69, 9.17) is 4.74 Å². The van der Waals surface area contributed by atoms with Crippen molar-refractivity contribution in [2.75, 3.05) is 11.9 Å². The minimum absolute atomic E-state index is 0.286. The molecule has 8 heteroatoms. The van der Waals surface area contributed by atoms with Gasteiger partial charge < -0.3 is 10.1 Å². The quantitative estimate of drug-likeness (QED) is 0.792. The molecule has 0 spiro atoms. The van der Waals surface area contributed by atoms with Gasteiger partial charge in [0.25, 0.3) is 11.5 Å². The second kappa shape index (κ2) is 6.17. The van der Waals surface area contributed by atoms with Crippen LogP contribution in [-0.4, -0.2) is 27.1 Å². The van der Waals surface area contributed by atoms with Gasteiger partial charge >= 0.3 is 0 Å². The Morgan fingerprint density at radius 1 is 1.39 bits per heavy atom. The average molecular weight is 330 g/mol. The van der Waals surface area contributed by atoms with Gasteiger partial charge in [-0.25, -0.2) is 4.52 Å². The van der Waals surface area contributed by atoms with Crippen LogP contribution in [0.15, 0.2) is 35.3 Å². The number of para-hydroxylation sites is 2. The molecule has 0 bridgehead atoms. The number of hydrogen-bond donors (Lipinski definition) is 1. The van der Waals surface area contributed by atoms with Crippen molar-refractivity contribution in [3.8, 4) is 5.75 Å². The number of fused-ring (bicyclic) bond motifs is 1. The summed E-state index contributed by atoms with van der Waals surface area (Å²) in [6.45, 7) is 3.96. The van der Waals surface area contributed by atoms with Gasteiger partial charge in [-0.05, 0) is 26.0 Å². The summed E-state index contributed by atoms with van der Waals surface area (Å²) in [5.41, 5.74) is 0.484. The molecule has 0 aliphatic carbocycles. The van der Waals surface area contributed by atoms with E-state index >= 15 is 0 Å². The number of nitrogens with one attached hydrogen (secondary N) is 1. The molecule has 118 valence electrons. The maximum absolute atomic E-state index is 12.4. The highest BCUT2D eigenvalue weighted by Gasteiger charge is 2.14. The van der Waals surface area contributed by atoms with E-state index in [-0.39, 0.29) is 17.2 Å². The molecule has 2 heterocycles. The fraction of sp³-hybridized carbons (Fsp3) is 0.200. The Morgan fingerprint density at radius 3 is 2.96 bits per heavy atom. The molecule has 0 saturated heterocycles. The van der Waals surface area contributed by atoms with Crippen molar-refractivity contribution in [1.29, 1.82) is 0 Å². The number of carbonyl (C=O) groups is 1. The number of anilines is 1. The highest BCUT2D eigenvalue weighted by Crippen LogP contribution is 2.25. The Morgan fingerprint density at radius 2 is 2.17 bits per heavy atom. The Bertz CT molecular complexity index is 932. The first-order valence-electron chi connectivity index (χ1n) is 6.99. The number of aromatic nitrogens is 3. The van der Waals surface area contributed by atoms with Crippen LogP contribution in [0.4, 0.5) is 5.69 Å². The lowest BCUT2D eigenvalue weighted by atomic mass is 10.3. The first kappa shape index (κ1) is 15.2. The van der Waals surface area contributed by atoms with Gasteiger partial charge in [-0.15, -0.1) is 0 Å². The van der Waals surface area contributed by atoms with E-state index in [2.05, 4.69) is 15.4 Å². The van der Waals surface area contributed by atoms with Crippen molar-refractivity contribution in [3.63, 3.8) is 0 Å². The fourth-order valence-electron chi connectivity index (χ4n) is 2.00. The van der Waals surface area contributed by atoms with Crippen LogP contribution < -0.4 is 15.6 Å². The fourth-order valence-corrected chi connectivity index (χ4v) is 2.80. The van der Waals surface area contributed by atoms with Gasteiger partial charge in [0, 0.05) is 0 Å². The third-order valence-electron chi connectivity index (χ3n) is 3.06. The minimum atomic E-state index is -0.388. The number of carbonyl (C=O) groups excluding carboxylic acids is 1. The zero-order valence-corrected chi connectivity index (χ0v) is 13.4. The molecule has 7 nitrogen and oxygen atoms in total. The smallest absolute Gasteiger partial charge is 0.295 e. The van der Waals surface area contributed by atoms with Gasteiger partial charge in [-0.2, -0.15) is 10.1 Å². The highest BCUT2D eigenvalue weighted by molar-refractivity contribution is 7.18. The summed E-state index contributed by atoms with van der Waals surface area (Å²) in [4.78, 5) is 28.6. The van der Waals surface area contributed by atoms with Crippen molar-refractivity contribution in [2.45, 2.75) is 13.8 Å². The molecule has 0 aliphatic heterocycles. The van der Waals surface area contributed by atoms with Crippen LogP contribution in [0, 0.1) is 6.92 Å². The molecule has 3 rings (SSSR count). The molecular weight excluding hydrogens is 316 g/mol. The largest absolute Gasteiger partial charge is 0.492 e. The number of ether oxygens (including phenoxy) is 1. The van der Waals surface area contributed by atoms with Gasteiger partial charge in [0.05, 0.1) is 18.5 Å². The summed E-state index contributed by atoms with van der Waals surface area (Å²) in [5, 5.41) is 6.88. The molecule has 1 amide bonds. The molecule has 0 saturated carbocycles. The lowest BCUT2D eigenvalue weighted by Gasteiger charge is -2.10. The number of rotatable bonds is 4. The third kappa shape index (κ3) is 3.07. The van der Waals surface area contributed by atoms with Crippen LogP contribution in [0.1, 0.15) is 22.3 Å². The number of amides is 1. The van der Waals surface area contributed by atoms with Gasteiger partial charge in [0.2, 0.25) is 4.96 Å². The van der Waals surface area contributed by atoms with Gasteiger partial charge in [0.1, 0.15) is 16.3 Å². The summed E-state index contributed by atoms with van der Waals surface area (Å²) in [7, 11) is 0. The van der Waals surface area contributed by atoms with Crippen LogP contribution in [0.2, 0.25) is 0 Å². The van der Waals surface area contributed by atoms with Crippen LogP contribution in [0.5, 0.6) is 5.75 Å². The lowest BCUT2D eigenvalue weighted by molar-refractivity contribution is 0.102. The number of aryl methyl sites for hydroxylation is 1. The molecule has 0 unspecified atom stereocenters. The predicted octanol–water partition coefficient (Wildman–Crippen LogP) is 2.11. The van der Waals surface area contributed by atoms with E-state index < -0.39 is 0 Å². The van der Waals surface area contributed by atoms with E-state index in [1.807, 2.05) is 19.1 Å². The van der Waals surface area contributed by atoms with E-state index in [0.29, 0.717) is 27.9 Å². The van der Waals surface area contributed by atoms with E-state index in [1.54, 1.807) is 25.3 Å². The number of hydrogen-bond acceptors (Lipinski definition) is 6. The summed E-state index contributed by atoms with van der Waals surface area (Å²) >= 11 is 1.10. The van der Waals surface area contributed by atoms with Crippen molar-refractivity contribution >= 4 is 27.9 Å². The summed E-state index contributed by atoms with van der Waals surface area (Å²) < 4.78 is 6.92. The van der Waals surface area contributed by atoms with Crippen molar-refractivity contribution < 1.29 is 9.53 Å². The maximum Gasteiger partial charge on any atom is 0.295 e. The zero-order valence-electron chi connectivity index (χ0n) is 12.6. The van der Waals surface area contributed by atoms with E-state index in [0.717, 1.165) is 11.3 Å². The standard InChI is InChI=1S/C15H14N4O3S/c1-3-22-11-7-5-4-6-10(11)16-14(21)12-8-19-15(23-12)17-13(20)9(2)18-19/h4-8H,3H2,1-2H3,(H,16,21). The molecule has 0 aliphatic rings. The molecular formula is C15H14N4O3S. The predicted molar refractivity (Wildman–Crippen MR) is 87.4 cm³/mol. The Labute approximate surface area is 135 Å². The summed E-state index contributed by atoms with van der Waals surface area (Å²) in [6, 6.07) is 7.20. The second-order valence-electron chi connectivity index (χ2n) is 4.71. The van der Waals surface area contributed by atoms with Gasteiger partial charge in [0.15, 0.2) is 0 Å².